The first kappa shape index (κ1) is 19.8. The van der Waals surface area contributed by atoms with E-state index in [9.17, 15) is 25.2 Å². The van der Waals surface area contributed by atoms with Crippen molar-refractivity contribution in [1.29, 1.82) is 0 Å². The van der Waals surface area contributed by atoms with Gasteiger partial charge in [0, 0.05) is 29.2 Å². The first-order valence-corrected chi connectivity index (χ1v) is 9.58. The number of phenolic OH excluding ortho intramolecular Hbond substituents is 3. The second-order valence-electron chi connectivity index (χ2n) is 7.63. The summed E-state index contributed by atoms with van der Waals surface area (Å²) in [5.74, 6) is -0.232. The van der Waals surface area contributed by atoms with Gasteiger partial charge in [0.05, 0.1) is 6.61 Å². The molecule has 0 fully saturated rings. The van der Waals surface area contributed by atoms with Crippen molar-refractivity contribution in [3.8, 4) is 34.3 Å². The van der Waals surface area contributed by atoms with Crippen LogP contribution in [-0.4, -0.2) is 33.1 Å². The second-order valence-corrected chi connectivity index (χ2v) is 7.63. The Kier molecular flexibility index (Phi) is 4.91. The third-order valence-corrected chi connectivity index (χ3v) is 5.19. The average molecular weight is 410 g/mol. The summed E-state index contributed by atoms with van der Waals surface area (Å²) in [6.45, 7) is 3.67. The lowest BCUT2D eigenvalue weighted by Gasteiger charge is -2.14. The number of ether oxygens (including phenoxy) is 1. The number of benzene rings is 2. The smallest absolute Gasteiger partial charge is 0.197 e. The zero-order chi connectivity index (χ0) is 21.6. The largest absolute Gasteiger partial charge is 0.507 e. The van der Waals surface area contributed by atoms with Gasteiger partial charge in [-0.1, -0.05) is 11.6 Å². The fourth-order valence-electron chi connectivity index (χ4n) is 3.65. The van der Waals surface area contributed by atoms with Gasteiger partial charge in [0.1, 0.15) is 34.3 Å². The minimum absolute atomic E-state index is 0.0554. The van der Waals surface area contributed by atoms with Crippen LogP contribution < -0.4 is 10.2 Å². The predicted octanol–water partition coefficient (Wildman–Crippen LogP) is 3.38. The summed E-state index contributed by atoms with van der Waals surface area (Å²) in [4.78, 5) is 12.9. The monoisotopic (exact) mass is 410 g/mol. The highest BCUT2D eigenvalue weighted by Gasteiger charge is 2.32. The van der Waals surface area contributed by atoms with Crippen LogP contribution in [0.25, 0.3) is 22.3 Å². The molecule has 0 saturated carbocycles. The van der Waals surface area contributed by atoms with Crippen molar-refractivity contribution < 1.29 is 29.6 Å². The molecule has 1 aliphatic heterocycles. The van der Waals surface area contributed by atoms with Gasteiger partial charge in [-0.15, -0.1) is 0 Å². The van der Waals surface area contributed by atoms with Crippen LogP contribution in [-0.2, 0) is 12.8 Å². The Bertz CT molecular complexity index is 1230. The van der Waals surface area contributed by atoms with Gasteiger partial charge >= 0.3 is 0 Å². The Morgan fingerprint density at radius 2 is 1.93 bits per heavy atom. The summed E-state index contributed by atoms with van der Waals surface area (Å²) < 4.78 is 11.9. The molecule has 4 N–H and O–H groups in total. The lowest BCUT2D eigenvalue weighted by molar-refractivity contribution is 0.134. The lowest BCUT2D eigenvalue weighted by Crippen LogP contribution is -2.17. The van der Waals surface area contributed by atoms with Crippen molar-refractivity contribution in [2.24, 2.45) is 0 Å². The number of hydrogen-bond donors (Lipinski definition) is 4. The molecule has 1 aliphatic rings. The Balaban J connectivity index is 2.02. The summed E-state index contributed by atoms with van der Waals surface area (Å²) in [5.41, 5.74) is 2.30. The van der Waals surface area contributed by atoms with Crippen molar-refractivity contribution in [2.45, 2.75) is 32.8 Å². The molecule has 0 radical (unpaired) electrons. The van der Waals surface area contributed by atoms with Gasteiger partial charge in [0.25, 0.3) is 0 Å². The molecule has 30 heavy (non-hydrogen) atoms. The number of rotatable bonds is 4. The number of hydrogen-bond acceptors (Lipinski definition) is 7. The summed E-state index contributed by atoms with van der Waals surface area (Å²) >= 11 is 0. The topological polar surface area (TPSA) is 120 Å². The Labute approximate surface area is 172 Å². The molecule has 7 nitrogen and oxygen atoms in total. The molecule has 2 heterocycles. The molecule has 3 aromatic rings. The zero-order valence-corrected chi connectivity index (χ0v) is 16.6. The van der Waals surface area contributed by atoms with Crippen molar-refractivity contribution in [3.05, 3.63) is 57.3 Å². The summed E-state index contributed by atoms with van der Waals surface area (Å²) in [6, 6.07) is 5.35. The number of aliphatic hydroxyl groups excluding tert-OH is 1. The molecule has 1 unspecified atom stereocenters. The maximum absolute atomic E-state index is 12.9. The van der Waals surface area contributed by atoms with Crippen molar-refractivity contribution in [3.63, 3.8) is 0 Å². The molecule has 0 bridgehead atoms. The molecule has 0 saturated heterocycles. The van der Waals surface area contributed by atoms with E-state index < -0.39 is 11.5 Å². The van der Waals surface area contributed by atoms with E-state index in [0.717, 1.165) is 5.57 Å². The molecule has 156 valence electrons. The van der Waals surface area contributed by atoms with Crippen LogP contribution >= 0.6 is 0 Å². The lowest BCUT2D eigenvalue weighted by atomic mass is 9.97. The first-order valence-electron chi connectivity index (χ1n) is 9.58. The third-order valence-electron chi connectivity index (χ3n) is 5.19. The average Bonchev–Trinajstić information content (AvgIpc) is 3.14. The van der Waals surface area contributed by atoms with Crippen molar-refractivity contribution >= 4 is 11.0 Å². The molecular formula is C23H22O7. The Morgan fingerprint density at radius 1 is 1.17 bits per heavy atom. The van der Waals surface area contributed by atoms with Gasteiger partial charge in [0.2, 0.25) is 0 Å². The minimum Gasteiger partial charge on any atom is -0.507 e. The molecule has 0 amide bonds. The Hall–Kier alpha value is -3.45. The number of aliphatic hydroxyl groups is 1. The predicted molar refractivity (Wildman–Crippen MR) is 111 cm³/mol. The summed E-state index contributed by atoms with van der Waals surface area (Å²) in [7, 11) is 0. The van der Waals surface area contributed by atoms with Crippen LogP contribution in [0.1, 0.15) is 25.0 Å². The fourth-order valence-corrected chi connectivity index (χ4v) is 3.65. The number of allylic oxidation sites excluding steroid dienone is 2. The summed E-state index contributed by atoms with van der Waals surface area (Å²) in [5, 5.41) is 39.7. The van der Waals surface area contributed by atoms with E-state index in [2.05, 4.69) is 0 Å². The normalized spacial score (nSPS) is 15.1. The van der Waals surface area contributed by atoms with E-state index in [0.29, 0.717) is 35.3 Å². The second kappa shape index (κ2) is 7.42. The molecule has 1 aromatic heterocycles. The van der Waals surface area contributed by atoms with Crippen molar-refractivity contribution in [1.82, 2.24) is 0 Å². The van der Waals surface area contributed by atoms with Gasteiger partial charge in [-0.05, 0) is 38.5 Å². The van der Waals surface area contributed by atoms with E-state index in [1.807, 2.05) is 19.9 Å². The quantitative estimate of drug-likeness (QED) is 0.384. The molecule has 2 aromatic carbocycles. The van der Waals surface area contributed by atoms with Gasteiger partial charge in [-0.3, -0.25) is 4.79 Å². The zero-order valence-electron chi connectivity index (χ0n) is 16.6. The van der Waals surface area contributed by atoms with E-state index in [1.165, 1.54) is 24.3 Å². The maximum Gasteiger partial charge on any atom is 0.197 e. The van der Waals surface area contributed by atoms with Crippen LogP contribution in [0.15, 0.2) is 45.1 Å². The van der Waals surface area contributed by atoms with E-state index in [4.69, 9.17) is 9.15 Å². The SMILES string of the molecule is CC(C)=CCc1c2c(c(O)c3c(=O)cc(-c4ccc(O)c(O)c4)oc13)CC(CO)O2. The van der Waals surface area contributed by atoms with Crippen LogP contribution in [0, 0.1) is 0 Å². The minimum atomic E-state index is -0.503. The molecular weight excluding hydrogens is 388 g/mol. The van der Waals surface area contributed by atoms with E-state index in [-0.39, 0.29) is 40.6 Å². The van der Waals surface area contributed by atoms with Crippen molar-refractivity contribution in [2.75, 3.05) is 6.61 Å². The highest BCUT2D eigenvalue weighted by atomic mass is 16.5. The fraction of sp³-hybridized carbons (Fsp3) is 0.261. The molecule has 0 spiro atoms. The highest BCUT2D eigenvalue weighted by molar-refractivity contribution is 5.92. The van der Waals surface area contributed by atoms with Gasteiger partial charge in [-0.25, -0.2) is 0 Å². The van der Waals surface area contributed by atoms with Crippen LogP contribution in [0.3, 0.4) is 0 Å². The molecule has 1 atom stereocenters. The van der Waals surface area contributed by atoms with Crippen LogP contribution in [0.4, 0.5) is 0 Å². The molecule has 4 rings (SSSR count). The standard InChI is InChI=1S/C23H22O7/c1-11(2)3-5-14-22-15(8-13(10-24)29-22)21(28)20-18(27)9-19(30-23(14)20)12-4-6-16(25)17(26)7-12/h3-4,6-7,9,13,24-26,28H,5,8,10H2,1-2H3. The number of phenols is 3. The van der Waals surface area contributed by atoms with Gasteiger partial charge in [-0.2, -0.15) is 0 Å². The Morgan fingerprint density at radius 3 is 2.60 bits per heavy atom. The van der Waals surface area contributed by atoms with Gasteiger partial charge < -0.3 is 29.6 Å². The first-order chi connectivity index (χ1) is 14.3. The summed E-state index contributed by atoms with van der Waals surface area (Å²) in [6.07, 6.45) is 2.16. The van der Waals surface area contributed by atoms with Crippen LogP contribution in [0.5, 0.6) is 23.0 Å². The van der Waals surface area contributed by atoms with Gasteiger partial charge in [0.15, 0.2) is 16.9 Å². The van der Waals surface area contributed by atoms with E-state index in [1.54, 1.807) is 0 Å². The number of fused-ring (bicyclic) bond motifs is 2. The number of aromatic hydroxyl groups is 3. The maximum atomic E-state index is 12.9. The van der Waals surface area contributed by atoms with Crippen LogP contribution in [0.2, 0.25) is 0 Å². The third kappa shape index (κ3) is 3.27. The highest BCUT2D eigenvalue weighted by Crippen LogP contribution is 2.45. The molecule has 7 heteroatoms. The molecule has 0 aliphatic carbocycles. The van der Waals surface area contributed by atoms with E-state index >= 15 is 0 Å².